The number of piperazine rings is 1. The summed E-state index contributed by atoms with van der Waals surface area (Å²) < 4.78 is 27.5. The fourth-order valence-corrected chi connectivity index (χ4v) is 3.47. The third-order valence-corrected chi connectivity index (χ3v) is 5.03. The lowest BCUT2D eigenvalue weighted by Crippen LogP contribution is -2.45. The Morgan fingerprint density at radius 1 is 1.04 bits per heavy atom. The highest BCUT2D eigenvalue weighted by Crippen LogP contribution is 2.34. The maximum Gasteiger partial charge on any atom is 0.267 e. The summed E-state index contributed by atoms with van der Waals surface area (Å²) in [7, 11) is 2.01. The van der Waals surface area contributed by atoms with Crippen molar-refractivity contribution < 1.29 is 8.78 Å². The molecule has 3 heterocycles. The van der Waals surface area contributed by atoms with Crippen LogP contribution in [0.1, 0.15) is 23.1 Å². The highest BCUT2D eigenvalue weighted by Gasteiger charge is 2.26. The molecule has 0 bridgehead atoms. The maximum absolute atomic E-state index is 13.7. The van der Waals surface area contributed by atoms with Gasteiger partial charge in [0.25, 0.3) is 6.43 Å². The normalized spacial score (nSPS) is 15.4. The van der Waals surface area contributed by atoms with Crippen LogP contribution in [0.2, 0.25) is 0 Å². The average Bonchev–Trinajstić information content (AvgIpc) is 2.73. The van der Waals surface area contributed by atoms with Crippen LogP contribution in [0.25, 0.3) is 11.0 Å². The van der Waals surface area contributed by atoms with E-state index < -0.39 is 6.43 Å². The van der Waals surface area contributed by atoms with E-state index in [0.29, 0.717) is 35.4 Å². The molecule has 1 fully saturated rings. The van der Waals surface area contributed by atoms with Gasteiger partial charge in [-0.15, -0.1) is 0 Å². The molecule has 0 saturated carbocycles. The van der Waals surface area contributed by atoms with Gasteiger partial charge in [-0.25, -0.2) is 8.78 Å². The van der Waals surface area contributed by atoms with Crippen molar-refractivity contribution in [3.05, 3.63) is 59.7 Å². The van der Waals surface area contributed by atoms with Crippen LogP contribution in [0.5, 0.6) is 0 Å². The molecular formula is C20H20F2N6. The molecule has 0 spiro atoms. The minimum absolute atomic E-state index is 0.132. The Balaban J connectivity index is 1.79. The van der Waals surface area contributed by atoms with Gasteiger partial charge in [-0.1, -0.05) is 6.07 Å². The van der Waals surface area contributed by atoms with Crippen LogP contribution >= 0.6 is 0 Å². The van der Waals surface area contributed by atoms with Crippen molar-refractivity contribution in [2.24, 2.45) is 0 Å². The van der Waals surface area contributed by atoms with Gasteiger partial charge in [0.2, 0.25) is 0 Å². The molecule has 1 N–H and O–H groups in total. The number of hydrogen-bond donors (Lipinski definition) is 1. The fourth-order valence-electron chi connectivity index (χ4n) is 3.47. The van der Waals surface area contributed by atoms with Gasteiger partial charge < -0.3 is 9.80 Å². The molecule has 0 atom stereocenters. The van der Waals surface area contributed by atoms with Crippen LogP contribution < -0.4 is 4.90 Å². The molecule has 1 aromatic carbocycles. The van der Waals surface area contributed by atoms with E-state index in [0.717, 1.165) is 18.6 Å². The van der Waals surface area contributed by atoms with E-state index in [1.165, 1.54) is 12.4 Å². The molecule has 2 aromatic heterocycles. The van der Waals surface area contributed by atoms with Crippen molar-refractivity contribution in [2.45, 2.75) is 6.43 Å². The first-order valence-corrected chi connectivity index (χ1v) is 9.04. The number of fused-ring (bicyclic) bond motifs is 1. The molecule has 0 radical (unpaired) electrons. The molecule has 3 aromatic rings. The Bertz CT molecular complexity index is 1010. The van der Waals surface area contributed by atoms with Gasteiger partial charge in [0, 0.05) is 62.1 Å². The third-order valence-electron chi connectivity index (χ3n) is 5.03. The van der Waals surface area contributed by atoms with Gasteiger partial charge in [-0.05, 0) is 19.2 Å². The van der Waals surface area contributed by atoms with Crippen molar-refractivity contribution >= 4 is 22.4 Å². The zero-order valence-electron chi connectivity index (χ0n) is 15.4. The van der Waals surface area contributed by atoms with E-state index in [4.69, 9.17) is 5.41 Å². The number of pyridine rings is 1. The molecule has 4 rings (SSSR count). The second-order valence-corrected chi connectivity index (χ2v) is 6.85. The van der Waals surface area contributed by atoms with Crippen molar-refractivity contribution in [2.75, 3.05) is 38.1 Å². The average molecular weight is 382 g/mol. The van der Waals surface area contributed by atoms with Gasteiger partial charge >= 0.3 is 0 Å². The molecule has 0 aliphatic carbocycles. The van der Waals surface area contributed by atoms with Crippen LogP contribution in [0.3, 0.4) is 0 Å². The lowest BCUT2D eigenvalue weighted by atomic mass is 9.98. The zero-order valence-corrected chi connectivity index (χ0v) is 15.4. The van der Waals surface area contributed by atoms with Crippen LogP contribution in [0.4, 0.5) is 14.5 Å². The summed E-state index contributed by atoms with van der Waals surface area (Å²) >= 11 is 0. The number of benzene rings is 1. The van der Waals surface area contributed by atoms with Gasteiger partial charge in [-0.3, -0.25) is 20.4 Å². The predicted molar refractivity (Wildman–Crippen MR) is 104 cm³/mol. The highest BCUT2D eigenvalue weighted by atomic mass is 19.3. The second-order valence-electron chi connectivity index (χ2n) is 6.85. The predicted octanol–water partition coefficient (Wildman–Crippen LogP) is 3.13. The molecule has 0 unspecified atom stereocenters. The lowest BCUT2D eigenvalue weighted by Gasteiger charge is -2.36. The van der Waals surface area contributed by atoms with E-state index in [9.17, 15) is 8.78 Å². The number of likely N-dealkylation sites (N-methyl/N-ethyl adjacent to an activating group) is 1. The Labute approximate surface area is 161 Å². The van der Waals surface area contributed by atoms with E-state index in [-0.39, 0.29) is 11.3 Å². The van der Waals surface area contributed by atoms with Gasteiger partial charge in [0.05, 0.1) is 28.0 Å². The molecule has 8 heteroatoms. The summed E-state index contributed by atoms with van der Waals surface area (Å²) in [5, 5.41) is 8.71. The van der Waals surface area contributed by atoms with Crippen LogP contribution in [-0.4, -0.2) is 58.8 Å². The molecule has 1 saturated heterocycles. The van der Waals surface area contributed by atoms with Crippen LogP contribution in [-0.2, 0) is 0 Å². The van der Waals surface area contributed by atoms with Crippen molar-refractivity contribution in [3.63, 3.8) is 0 Å². The van der Waals surface area contributed by atoms with Gasteiger partial charge in [-0.2, -0.15) is 0 Å². The molecule has 144 valence electrons. The number of nitrogens with zero attached hydrogens (tertiary/aromatic N) is 5. The molecule has 28 heavy (non-hydrogen) atoms. The number of anilines is 1. The summed E-state index contributed by atoms with van der Waals surface area (Å²) in [5.41, 5.74) is 2.80. The van der Waals surface area contributed by atoms with Crippen molar-refractivity contribution in [1.29, 1.82) is 5.41 Å². The van der Waals surface area contributed by atoms with Gasteiger partial charge in [0.15, 0.2) is 0 Å². The lowest BCUT2D eigenvalue weighted by molar-refractivity contribution is 0.151. The summed E-state index contributed by atoms with van der Waals surface area (Å²) in [6, 6.07) is 5.31. The number of aromatic nitrogens is 3. The SMILES string of the molecule is CN1CCN(c2c(C(=N)c3ccc4nccnc4c3)cncc2C(F)F)CC1. The van der Waals surface area contributed by atoms with Crippen molar-refractivity contribution in [3.8, 4) is 0 Å². The first-order chi connectivity index (χ1) is 13.5. The van der Waals surface area contributed by atoms with Crippen molar-refractivity contribution in [1.82, 2.24) is 19.9 Å². The summed E-state index contributed by atoms with van der Waals surface area (Å²) in [5.74, 6) is 0. The standard InChI is InChI=1S/C20H20F2N6/c1-27-6-8-28(9-7-27)19-14(11-24-12-15(19)20(21)22)18(23)13-2-3-16-17(10-13)26-5-4-25-16/h2-5,10-12,20,23H,6-9H2,1H3. The van der Waals surface area contributed by atoms with E-state index in [1.54, 1.807) is 30.6 Å². The summed E-state index contributed by atoms with van der Waals surface area (Å²) in [6.07, 6.45) is 3.25. The highest BCUT2D eigenvalue weighted by molar-refractivity contribution is 6.15. The largest absolute Gasteiger partial charge is 0.368 e. The monoisotopic (exact) mass is 382 g/mol. The number of halogens is 2. The zero-order chi connectivity index (χ0) is 19.7. The Hall–Kier alpha value is -3.00. The molecular weight excluding hydrogens is 362 g/mol. The van der Waals surface area contributed by atoms with Crippen LogP contribution in [0, 0.1) is 5.41 Å². The maximum atomic E-state index is 13.7. The summed E-state index contributed by atoms with van der Waals surface area (Å²) in [4.78, 5) is 16.6. The fraction of sp³-hybridized carbons (Fsp3) is 0.300. The minimum Gasteiger partial charge on any atom is -0.368 e. The Morgan fingerprint density at radius 3 is 2.46 bits per heavy atom. The minimum atomic E-state index is -2.66. The first kappa shape index (κ1) is 18.4. The van der Waals surface area contributed by atoms with Crippen LogP contribution in [0.15, 0.2) is 43.0 Å². The second kappa shape index (κ2) is 7.55. The topological polar surface area (TPSA) is 69.0 Å². The summed E-state index contributed by atoms with van der Waals surface area (Å²) in [6.45, 7) is 2.82. The van der Waals surface area contributed by atoms with E-state index >= 15 is 0 Å². The first-order valence-electron chi connectivity index (χ1n) is 9.04. The van der Waals surface area contributed by atoms with E-state index in [2.05, 4.69) is 19.9 Å². The number of nitrogens with one attached hydrogen (secondary N) is 1. The Morgan fingerprint density at radius 2 is 1.75 bits per heavy atom. The molecule has 1 aliphatic heterocycles. The number of alkyl halides is 2. The molecule has 0 amide bonds. The van der Waals surface area contributed by atoms with Gasteiger partial charge in [0.1, 0.15) is 0 Å². The third kappa shape index (κ3) is 3.43. The Kier molecular flexibility index (Phi) is 4.95. The molecule has 6 nitrogen and oxygen atoms in total. The number of hydrogen-bond acceptors (Lipinski definition) is 6. The number of rotatable bonds is 4. The smallest absolute Gasteiger partial charge is 0.267 e. The van der Waals surface area contributed by atoms with E-state index in [1.807, 2.05) is 11.9 Å². The quantitative estimate of drug-likeness (QED) is 0.702. The molecule has 1 aliphatic rings.